The van der Waals surface area contributed by atoms with E-state index in [0.29, 0.717) is 11.3 Å². The third kappa shape index (κ3) is 2.20. The van der Waals surface area contributed by atoms with Gasteiger partial charge in [-0.1, -0.05) is 0 Å². The van der Waals surface area contributed by atoms with Crippen molar-refractivity contribution in [2.45, 2.75) is 0 Å². The number of aromatic nitrogens is 3. The SMILES string of the molecule is N#Cc1ccc(C(=O)Nc2ccc3nc[nH]c3c2)nc1. The molecule has 3 aromatic rings. The van der Waals surface area contributed by atoms with Gasteiger partial charge in [0.1, 0.15) is 11.8 Å². The lowest BCUT2D eigenvalue weighted by Crippen LogP contribution is -2.13. The van der Waals surface area contributed by atoms with Crippen LogP contribution < -0.4 is 5.32 Å². The highest BCUT2D eigenvalue weighted by atomic mass is 16.1. The lowest BCUT2D eigenvalue weighted by molar-refractivity contribution is 0.102. The summed E-state index contributed by atoms with van der Waals surface area (Å²) in [5.74, 6) is -0.326. The van der Waals surface area contributed by atoms with Gasteiger partial charge in [0.2, 0.25) is 0 Å². The number of carbonyl (C=O) groups is 1. The fraction of sp³-hybridized carbons (Fsp3) is 0. The number of nitrogens with one attached hydrogen (secondary N) is 2. The summed E-state index contributed by atoms with van der Waals surface area (Å²) in [4.78, 5) is 23.0. The third-order valence-electron chi connectivity index (χ3n) is 2.80. The Bertz CT molecular complexity index is 813. The molecule has 2 N–H and O–H groups in total. The quantitative estimate of drug-likeness (QED) is 0.740. The van der Waals surface area contributed by atoms with Crippen molar-refractivity contribution >= 4 is 22.6 Å². The van der Waals surface area contributed by atoms with Gasteiger partial charge in [0, 0.05) is 11.9 Å². The van der Waals surface area contributed by atoms with Crippen LogP contribution in [-0.4, -0.2) is 20.9 Å². The molecule has 1 amide bonds. The van der Waals surface area contributed by atoms with Gasteiger partial charge in [0.15, 0.2) is 0 Å². The van der Waals surface area contributed by atoms with E-state index >= 15 is 0 Å². The molecule has 2 heterocycles. The van der Waals surface area contributed by atoms with Gasteiger partial charge in [-0.3, -0.25) is 4.79 Å². The summed E-state index contributed by atoms with van der Waals surface area (Å²) in [7, 11) is 0. The van der Waals surface area contributed by atoms with Crippen LogP contribution >= 0.6 is 0 Å². The molecule has 0 unspecified atom stereocenters. The maximum atomic E-state index is 12.0. The number of hydrogen-bond donors (Lipinski definition) is 2. The number of fused-ring (bicyclic) bond motifs is 1. The monoisotopic (exact) mass is 263 g/mol. The van der Waals surface area contributed by atoms with E-state index in [1.165, 1.54) is 12.3 Å². The Morgan fingerprint density at radius 3 is 2.90 bits per heavy atom. The lowest BCUT2D eigenvalue weighted by atomic mass is 10.2. The zero-order valence-corrected chi connectivity index (χ0v) is 10.3. The summed E-state index contributed by atoms with van der Waals surface area (Å²) >= 11 is 0. The molecule has 0 fully saturated rings. The molecule has 3 rings (SSSR count). The number of benzene rings is 1. The Morgan fingerprint density at radius 2 is 2.15 bits per heavy atom. The van der Waals surface area contributed by atoms with Crippen molar-refractivity contribution in [3.05, 3.63) is 54.1 Å². The molecule has 1 aromatic carbocycles. The highest BCUT2D eigenvalue weighted by Gasteiger charge is 2.08. The number of H-pyrrole nitrogens is 1. The topological polar surface area (TPSA) is 94.5 Å². The normalized spacial score (nSPS) is 10.2. The molecular weight excluding hydrogens is 254 g/mol. The summed E-state index contributed by atoms with van der Waals surface area (Å²) in [6, 6.07) is 10.4. The van der Waals surface area contributed by atoms with Crippen molar-refractivity contribution in [1.29, 1.82) is 5.26 Å². The van der Waals surface area contributed by atoms with E-state index in [-0.39, 0.29) is 11.6 Å². The van der Waals surface area contributed by atoms with Crippen molar-refractivity contribution in [3.8, 4) is 6.07 Å². The van der Waals surface area contributed by atoms with E-state index in [4.69, 9.17) is 5.26 Å². The predicted octanol–water partition coefficient (Wildman–Crippen LogP) is 2.08. The maximum absolute atomic E-state index is 12.0. The number of rotatable bonds is 2. The minimum Gasteiger partial charge on any atom is -0.345 e. The first-order chi connectivity index (χ1) is 9.76. The molecule has 0 aliphatic carbocycles. The van der Waals surface area contributed by atoms with Gasteiger partial charge in [0.25, 0.3) is 5.91 Å². The van der Waals surface area contributed by atoms with Crippen molar-refractivity contribution in [1.82, 2.24) is 15.0 Å². The fourth-order valence-electron chi connectivity index (χ4n) is 1.80. The number of pyridine rings is 1. The lowest BCUT2D eigenvalue weighted by Gasteiger charge is -2.04. The standard InChI is InChI=1S/C14H9N5O/c15-6-9-1-3-12(16-7-9)14(20)19-10-2-4-11-13(5-10)18-8-17-11/h1-5,7-8H,(H,17,18)(H,19,20). The molecule has 0 aliphatic heterocycles. The zero-order chi connectivity index (χ0) is 13.9. The molecule has 0 aliphatic rings. The van der Waals surface area contributed by atoms with Crippen LogP contribution in [0, 0.1) is 11.3 Å². The molecule has 0 saturated heterocycles. The minimum atomic E-state index is -0.326. The van der Waals surface area contributed by atoms with Crippen LogP contribution in [0.1, 0.15) is 16.1 Å². The number of nitriles is 1. The van der Waals surface area contributed by atoms with Crippen LogP contribution in [0.15, 0.2) is 42.9 Å². The van der Waals surface area contributed by atoms with Crippen molar-refractivity contribution in [3.63, 3.8) is 0 Å². The predicted molar refractivity (Wildman–Crippen MR) is 73.0 cm³/mol. The minimum absolute atomic E-state index is 0.258. The maximum Gasteiger partial charge on any atom is 0.274 e. The van der Waals surface area contributed by atoms with E-state index in [1.54, 1.807) is 24.5 Å². The molecule has 96 valence electrons. The first-order valence-corrected chi connectivity index (χ1v) is 5.87. The first kappa shape index (κ1) is 11.9. The average Bonchev–Trinajstić information content (AvgIpc) is 2.95. The van der Waals surface area contributed by atoms with Gasteiger partial charge in [-0.2, -0.15) is 5.26 Å². The molecule has 0 saturated carbocycles. The Labute approximate surface area is 114 Å². The number of amides is 1. The van der Waals surface area contributed by atoms with E-state index < -0.39 is 0 Å². The number of aromatic amines is 1. The molecule has 2 aromatic heterocycles. The van der Waals surface area contributed by atoms with Gasteiger partial charge in [-0.25, -0.2) is 9.97 Å². The highest BCUT2D eigenvalue weighted by molar-refractivity contribution is 6.03. The summed E-state index contributed by atoms with van der Waals surface area (Å²) in [5, 5.41) is 11.4. The van der Waals surface area contributed by atoms with Gasteiger partial charge in [-0.15, -0.1) is 0 Å². The van der Waals surface area contributed by atoms with Crippen molar-refractivity contribution in [2.24, 2.45) is 0 Å². The second kappa shape index (κ2) is 4.82. The number of anilines is 1. The molecule has 6 heteroatoms. The molecule has 0 bridgehead atoms. The van der Waals surface area contributed by atoms with Crippen molar-refractivity contribution in [2.75, 3.05) is 5.32 Å². The van der Waals surface area contributed by atoms with Crippen LogP contribution in [-0.2, 0) is 0 Å². The second-order valence-corrected chi connectivity index (χ2v) is 4.13. The average molecular weight is 263 g/mol. The smallest absolute Gasteiger partial charge is 0.274 e. The number of nitrogens with zero attached hydrogens (tertiary/aromatic N) is 3. The Morgan fingerprint density at radius 1 is 1.25 bits per heavy atom. The van der Waals surface area contributed by atoms with E-state index in [1.807, 2.05) is 12.1 Å². The van der Waals surface area contributed by atoms with Gasteiger partial charge in [-0.05, 0) is 30.3 Å². The zero-order valence-electron chi connectivity index (χ0n) is 10.3. The number of imidazole rings is 1. The Balaban J connectivity index is 1.82. The summed E-state index contributed by atoms with van der Waals surface area (Å²) < 4.78 is 0. The molecule has 0 atom stereocenters. The number of hydrogen-bond acceptors (Lipinski definition) is 4. The Kier molecular flexibility index (Phi) is 2.86. The molecule has 0 radical (unpaired) electrons. The van der Waals surface area contributed by atoms with Crippen molar-refractivity contribution < 1.29 is 4.79 Å². The highest BCUT2D eigenvalue weighted by Crippen LogP contribution is 2.16. The molecule has 20 heavy (non-hydrogen) atoms. The fourth-order valence-corrected chi connectivity index (χ4v) is 1.80. The summed E-state index contributed by atoms with van der Waals surface area (Å²) in [5.41, 5.74) is 3.00. The van der Waals surface area contributed by atoms with Crippen LogP contribution in [0.5, 0.6) is 0 Å². The van der Waals surface area contributed by atoms with Crippen LogP contribution in [0.3, 0.4) is 0 Å². The van der Waals surface area contributed by atoms with Gasteiger partial charge in [0.05, 0.1) is 22.9 Å². The van der Waals surface area contributed by atoms with E-state index in [9.17, 15) is 4.79 Å². The molecule has 6 nitrogen and oxygen atoms in total. The number of carbonyl (C=O) groups excluding carboxylic acids is 1. The molecular formula is C14H9N5O. The molecule has 0 spiro atoms. The summed E-state index contributed by atoms with van der Waals surface area (Å²) in [6.07, 6.45) is 2.96. The summed E-state index contributed by atoms with van der Waals surface area (Å²) in [6.45, 7) is 0. The first-order valence-electron chi connectivity index (χ1n) is 5.87. The van der Waals surface area contributed by atoms with E-state index in [0.717, 1.165) is 11.0 Å². The largest absolute Gasteiger partial charge is 0.345 e. The van der Waals surface area contributed by atoms with Crippen LogP contribution in [0.4, 0.5) is 5.69 Å². The van der Waals surface area contributed by atoms with E-state index in [2.05, 4.69) is 20.3 Å². The Hall–Kier alpha value is -3.20. The van der Waals surface area contributed by atoms with Crippen LogP contribution in [0.25, 0.3) is 11.0 Å². The third-order valence-corrected chi connectivity index (χ3v) is 2.80. The van der Waals surface area contributed by atoms with Gasteiger partial charge >= 0.3 is 0 Å². The second-order valence-electron chi connectivity index (χ2n) is 4.13. The van der Waals surface area contributed by atoms with Crippen LogP contribution in [0.2, 0.25) is 0 Å². The van der Waals surface area contributed by atoms with Gasteiger partial charge < -0.3 is 10.3 Å².